The number of nitrogens with zero attached hydrogens (tertiary/aromatic N) is 2. The fourth-order valence-corrected chi connectivity index (χ4v) is 3.93. The molecule has 150 valence electrons. The first-order valence-electron chi connectivity index (χ1n) is 9.74. The lowest BCUT2D eigenvalue weighted by molar-refractivity contribution is -0.126. The van der Waals surface area contributed by atoms with E-state index in [9.17, 15) is 14.4 Å². The normalized spacial score (nSPS) is 19.1. The van der Waals surface area contributed by atoms with Crippen LogP contribution in [0, 0.1) is 5.92 Å². The summed E-state index contributed by atoms with van der Waals surface area (Å²) < 4.78 is 0. The highest BCUT2D eigenvalue weighted by Crippen LogP contribution is 2.26. The van der Waals surface area contributed by atoms with Crippen molar-refractivity contribution in [1.29, 1.82) is 0 Å². The molecule has 0 saturated carbocycles. The minimum absolute atomic E-state index is 0.0629. The Morgan fingerprint density at radius 3 is 2.28 bits per heavy atom. The Bertz CT molecular complexity index is 927. The molecule has 0 spiro atoms. The van der Waals surface area contributed by atoms with E-state index < -0.39 is 0 Å². The minimum atomic E-state index is -0.375. The molecular formula is C22H22ClN3O3. The minimum Gasteiger partial charge on any atom is -0.352 e. The summed E-state index contributed by atoms with van der Waals surface area (Å²) in [6.45, 7) is 1.51. The van der Waals surface area contributed by atoms with Gasteiger partial charge in [-0.15, -0.1) is 0 Å². The molecule has 0 aromatic heterocycles. The Morgan fingerprint density at radius 1 is 0.966 bits per heavy atom. The lowest BCUT2D eigenvalue weighted by Gasteiger charge is -2.17. The van der Waals surface area contributed by atoms with Crippen LogP contribution in [0.1, 0.15) is 24.8 Å². The maximum absolute atomic E-state index is 12.6. The molecule has 4 rings (SSSR count). The van der Waals surface area contributed by atoms with E-state index in [-0.39, 0.29) is 30.1 Å². The van der Waals surface area contributed by atoms with Gasteiger partial charge in [0.25, 0.3) is 0 Å². The van der Waals surface area contributed by atoms with E-state index in [1.54, 1.807) is 34.1 Å². The highest BCUT2D eigenvalue weighted by Gasteiger charge is 2.35. The van der Waals surface area contributed by atoms with Crippen LogP contribution >= 0.6 is 11.6 Å². The molecule has 2 fully saturated rings. The van der Waals surface area contributed by atoms with E-state index >= 15 is 0 Å². The molecule has 1 unspecified atom stereocenters. The third kappa shape index (κ3) is 4.27. The number of anilines is 2. The first kappa shape index (κ1) is 19.5. The van der Waals surface area contributed by atoms with Crippen LogP contribution in [0.2, 0.25) is 5.02 Å². The number of carbonyl (C=O) groups is 3. The van der Waals surface area contributed by atoms with Gasteiger partial charge in [-0.1, -0.05) is 23.7 Å². The maximum Gasteiger partial charge on any atom is 0.227 e. The Hall–Kier alpha value is -2.86. The maximum atomic E-state index is 12.6. The largest absolute Gasteiger partial charge is 0.352 e. The van der Waals surface area contributed by atoms with Crippen LogP contribution in [0.5, 0.6) is 0 Å². The lowest BCUT2D eigenvalue weighted by atomic mass is 10.1. The molecule has 2 aromatic carbocycles. The molecule has 0 aliphatic carbocycles. The van der Waals surface area contributed by atoms with Gasteiger partial charge < -0.3 is 15.1 Å². The molecule has 6 nitrogen and oxygen atoms in total. The van der Waals surface area contributed by atoms with Crippen molar-refractivity contribution in [3.05, 3.63) is 59.1 Å². The summed E-state index contributed by atoms with van der Waals surface area (Å²) in [5.74, 6) is -0.414. The van der Waals surface area contributed by atoms with Crippen LogP contribution in [-0.4, -0.2) is 30.8 Å². The van der Waals surface area contributed by atoms with E-state index in [0.717, 1.165) is 29.9 Å². The number of benzene rings is 2. The second kappa shape index (κ2) is 8.25. The van der Waals surface area contributed by atoms with Crippen LogP contribution in [0.25, 0.3) is 0 Å². The van der Waals surface area contributed by atoms with Crippen molar-refractivity contribution >= 4 is 40.7 Å². The van der Waals surface area contributed by atoms with Gasteiger partial charge in [-0.3, -0.25) is 14.4 Å². The number of rotatable bonds is 5. The number of amides is 3. The SMILES string of the molecule is O=C(NCc1ccc(N2CCCC2=O)cc1)C1CC(=O)N(c2ccc(Cl)cc2)C1. The standard InChI is InChI=1S/C22H22ClN3O3/c23-17-5-9-19(10-6-17)26-14-16(12-21(26)28)22(29)24-13-15-3-7-18(8-4-15)25-11-1-2-20(25)27/h3-10,16H,1-2,11-14H2,(H,24,29). The number of hydrogen-bond acceptors (Lipinski definition) is 3. The molecule has 1 atom stereocenters. The van der Waals surface area contributed by atoms with Crippen molar-refractivity contribution in [2.75, 3.05) is 22.9 Å². The third-order valence-electron chi connectivity index (χ3n) is 5.42. The van der Waals surface area contributed by atoms with E-state index in [2.05, 4.69) is 5.32 Å². The molecule has 2 aromatic rings. The summed E-state index contributed by atoms with van der Waals surface area (Å²) >= 11 is 5.90. The Labute approximate surface area is 174 Å². The molecule has 0 bridgehead atoms. The molecule has 2 aliphatic heterocycles. The first-order valence-corrected chi connectivity index (χ1v) is 10.1. The molecular weight excluding hydrogens is 390 g/mol. The predicted molar refractivity (Wildman–Crippen MR) is 112 cm³/mol. The van der Waals surface area contributed by atoms with Gasteiger partial charge in [-0.05, 0) is 48.4 Å². The second-order valence-corrected chi connectivity index (χ2v) is 7.85. The van der Waals surface area contributed by atoms with E-state index in [1.807, 2.05) is 24.3 Å². The van der Waals surface area contributed by atoms with Crippen LogP contribution < -0.4 is 15.1 Å². The summed E-state index contributed by atoms with van der Waals surface area (Å²) in [5, 5.41) is 3.53. The molecule has 7 heteroatoms. The lowest BCUT2D eigenvalue weighted by Crippen LogP contribution is -2.32. The highest BCUT2D eigenvalue weighted by atomic mass is 35.5. The zero-order valence-electron chi connectivity index (χ0n) is 15.9. The average molecular weight is 412 g/mol. The Kier molecular flexibility index (Phi) is 5.53. The fourth-order valence-electron chi connectivity index (χ4n) is 3.80. The molecule has 2 aliphatic rings. The van der Waals surface area contributed by atoms with Crippen molar-refractivity contribution in [3.8, 4) is 0 Å². The van der Waals surface area contributed by atoms with Crippen LogP contribution in [-0.2, 0) is 20.9 Å². The van der Waals surface area contributed by atoms with E-state index in [1.165, 1.54) is 0 Å². The molecule has 3 amide bonds. The van der Waals surface area contributed by atoms with Gasteiger partial charge in [0.15, 0.2) is 0 Å². The highest BCUT2D eigenvalue weighted by molar-refractivity contribution is 6.30. The van der Waals surface area contributed by atoms with E-state index in [4.69, 9.17) is 11.6 Å². The third-order valence-corrected chi connectivity index (χ3v) is 5.67. The number of carbonyl (C=O) groups excluding carboxylic acids is 3. The van der Waals surface area contributed by atoms with Gasteiger partial charge in [0.05, 0.1) is 5.92 Å². The smallest absolute Gasteiger partial charge is 0.227 e. The molecule has 2 heterocycles. The summed E-state index contributed by atoms with van der Waals surface area (Å²) in [6.07, 6.45) is 1.69. The molecule has 0 radical (unpaired) electrons. The topological polar surface area (TPSA) is 69.7 Å². The van der Waals surface area contributed by atoms with Crippen LogP contribution in [0.3, 0.4) is 0 Å². The van der Waals surface area contributed by atoms with Gasteiger partial charge in [0, 0.05) is 48.9 Å². The van der Waals surface area contributed by atoms with Gasteiger partial charge in [0.2, 0.25) is 17.7 Å². The van der Waals surface area contributed by atoms with Crippen LogP contribution in [0.15, 0.2) is 48.5 Å². The quantitative estimate of drug-likeness (QED) is 0.821. The Balaban J connectivity index is 1.32. The monoisotopic (exact) mass is 411 g/mol. The van der Waals surface area contributed by atoms with Crippen molar-refractivity contribution in [1.82, 2.24) is 5.32 Å². The summed E-state index contributed by atoms with van der Waals surface area (Å²) in [7, 11) is 0. The second-order valence-electron chi connectivity index (χ2n) is 7.41. The average Bonchev–Trinajstić information content (AvgIpc) is 3.33. The zero-order chi connectivity index (χ0) is 20.4. The van der Waals surface area contributed by atoms with Crippen LogP contribution in [0.4, 0.5) is 11.4 Å². The summed E-state index contributed by atoms with van der Waals surface area (Å²) in [5.41, 5.74) is 2.59. The summed E-state index contributed by atoms with van der Waals surface area (Å²) in [6, 6.07) is 14.7. The van der Waals surface area contributed by atoms with Crippen molar-refractivity contribution < 1.29 is 14.4 Å². The first-order chi connectivity index (χ1) is 14.0. The van der Waals surface area contributed by atoms with Gasteiger partial charge in [-0.2, -0.15) is 0 Å². The number of hydrogen-bond donors (Lipinski definition) is 1. The van der Waals surface area contributed by atoms with Gasteiger partial charge in [-0.25, -0.2) is 0 Å². The van der Waals surface area contributed by atoms with Crippen molar-refractivity contribution in [2.24, 2.45) is 5.92 Å². The van der Waals surface area contributed by atoms with Crippen molar-refractivity contribution in [2.45, 2.75) is 25.8 Å². The Morgan fingerprint density at radius 2 is 1.62 bits per heavy atom. The zero-order valence-corrected chi connectivity index (χ0v) is 16.7. The summed E-state index contributed by atoms with van der Waals surface area (Å²) in [4.78, 5) is 40.1. The van der Waals surface area contributed by atoms with E-state index in [0.29, 0.717) is 24.5 Å². The van der Waals surface area contributed by atoms with Gasteiger partial charge in [0.1, 0.15) is 0 Å². The molecule has 1 N–H and O–H groups in total. The number of halogens is 1. The molecule has 29 heavy (non-hydrogen) atoms. The number of nitrogens with one attached hydrogen (secondary N) is 1. The van der Waals surface area contributed by atoms with Crippen molar-refractivity contribution in [3.63, 3.8) is 0 Å². The van der Waals surface area contributed by atoms with Gasteiger partial charge >= 0.3 is 0 Å². The fraction of sp³-hybridized carbons (Fsp3) is 0.318. The predicted octanol–water partition coefficient (Wildman–Crippen LogP) is 3.14. The molecule has 2 saturated heterocycles.